The first-order valence-electron chi connectivity index (χ1n) is 14.4. The molecule has 5 aliphatic rings. The van der Waals surface area contributed by atoms with Gasteiger partial charge in [-0.25, -0.2) is 4.79 Å². The zero-order chi connectivity index (χ0) is 27.0. The number of ether oxygens (including phenoxy) is 2. The van der Waals surface area contributed by atoms with Gasteiger partial charge in [-0.1, -0.05) is 25.5 Å². The van der Waals surface area contributed by atoms with Crippen molar-refractivity contribution in [1.29, 1.82) is 0 Å². The van der Waals surface area contributed by atoms with Crippen LogP contribution in [-0.4, -0.2) is 62.8 Å². The third-order valence-corrected chi connectivity index (χ3v) is 11.5. The van der Waals surface area contributed by atoms with Crippen LogP contribution in [0.1, 0.15) is 83.6 Å². The molecule has 0 radical (unpaired) electrons. The molecule has 38 heavy (non-hydrogen) atoms. The maximum Gasteiger partial charge on any atom is 0.335 e. The predicted molar refractivity (Wildman–Crippen MR) is 138 cm³/mol. The Hall–Kier alpha value is -1.55. The van der Waals surface area contributed by atoms with Crippen LogP contribution >= 0.6 is 0 Å². The fraction of sp³-hybridized carbons (Fsp3) is 0.767. The molecule has 2 heterocycles. The van der Waals surface area contributed by atoms with Crippen molar-refractivity contribution >= 4 is 0 Å². The third-order valence-electron chi connectivity index (χ3n) is 11.5. The monoisotopic (exact) mass is 530 g/mol. The summed E-state index contributed by atoms with van der Waals surface area (Å²) in [6, 6.07) is 3.36. The molecule has 3 saturated carbocycles. The van der Waals surface area contributed by atoms with Crippen molar-refractivity contribution in [3.05, 3.63) is 46.0 Å². The molecule has 12 atom stereocenters. The van der Waals surface area contributed by atoms with E-state index < -0.39 is 36.3 Å². The molecule has 0 aromatic carbocycles. The molecule has 0 bridgehead atoms. The first kappa shape index (κ1) is 26.7. The van der Waals surface area contributed by atoms with Gasteiger partial charge in [0.05, 0.1) is 24.1 Å². The van der Waals surface area contributed by atoms with Gasteiger partial charge in [-0.3, -0.25) is 0 Å². The maximum absolute atomic E-state index is 12.4. The Morgan fingerprint density at radius 1 is 0.947 bits per heavy atom. The fourth-order valence-electron chi connectivity index (χ4n) is 9.17. The molecule has 1 saturated heterocycles. The van der Waals surface area contributed by atoms with Crippen LogP contribution in [0.2, 0.25) is 0 Å². The Balaban J connectivity index is 1.21. The van der Waals surface area contributed by atoms with Crippen LogP contribution in [0.5, 0.6) is 0 Å². The van der Waals surface area contributed by atoms with Gasteiger partial charge in [-0.15, -0.1) is 0 Å². The van der Waals surface area contributed by atoms with E-state index in [1.165, 1.54) is 11.6 Å². The number of hydrogen-bond donors (Lipinski definition) is 4. The second kappa shape index (κ2) is 9.25. The summed E-state index contributed by atoms with van der Waals surface area (Å²) in [5, 5.41) is 43.0. The standard InChI is InChI=1S/C30H42O8/c1-16-24(32)25(33)26(34)27(37-16)38-19-8-11-28(2)18(14-19)5-6-22-21(28)9-12-29(3)20(10-13-30(22,29)35)17-4-7-23(31)36-15-17/h4,7,14-16,19-22,24-27,32-35H,5-6,8-13H2,1-3H3/t16-,19?,20+,21?,22?,24-,25+,26+,27-,28-,29+,30-/m0/s1. The SMILES string of the molecule is C[C@@H]1O[C@@H](OC2C=C3CCC4C(CC[C@]5(C)[C@@H](c6ccc(=O)oc6)CC[C@]45O)[C@@]3(C)CC2)[C@H](O)[C@H](O)[C@H]1O. The van der Waals surface area contributed by atoms with Gasteiger partial charge in [0.1, 0.15) is 18.3 Å². The third kappa shape index (κ3) is 3.82. The number of aliphatic hydroxyl groups excluding tert-OH is 3. The van der Waals surface area contributed by atoms with Gasteiger partial charge in [-0.2, -0.15) is 0 Å². The van der Waals surface area contributed by atoms with E-state index in [1.54, 1.807) is 13.2 Å². The molecule has 3 unspecified atom stereocenters. The summed E-state index contributed by atoms with van der Waals surface area (Å²) in [6.07, 6.45) is 5.32. The molecule has 4 aliphatic carbocycles. The van der Waals surface area contributed by atoms with Crippen LogP contribution in [-0.2, 0) is 9.47 Å². The molecular formula is C30H42O8. The maximum atomic E-state index is 12.4. The van der Waals surface area contributed by atoms with Crippen molar-refractivity contribution in [2.75, 3.05) is 0 Å². The summed E-state index contributed by atoms with van der Waals surface area (Å²) in [5.41, 5.74) is 0.991. The zero-order valence-corrected chi connectivity index (χ0v) is 22.6. The minimum Gasteiger partial charge on any atom is -0.431 e. The Kier molecular flexibility index (Phi) is 6.49. The molecule has 4 N–H and O–H groups in total. The number of aliphatic hydroxyl groups is 4. The van der Waals surface area contributed by atoms with Gasteiger partial charge < -0.3 is 34.3 Å². The molecular weight excluding hydrogens is 488 g/mol. The summed E-state index contributed by atoms with van der Waals surface area (Å²) >= 11 is 0. The van der Waals surface area contributed by atoms with Gasteiger partial charge in [0, 0.05) is 11.5 Å². The second-order valence-electron chi connectivity index (χ2n) is 13.1. The van der Waals surface area contributed by atoms with Crippen molar-refractivity contribution < 1.29 is 34.3 Å². The molecule has 8 heteroatoms. The van der Waals surface area contributed by atoms with Crippen LogP contribution < -0.4 is 5.63 Å². The lowest BCUT2D eigenvalue weighted by atomic mass is 9.45. The smallest absolute Gasteiger partial charge is 0.335 e. The molecule has 0 spiro atoms. The van der Waals surface area contributed by atoms with E-state index >= 15 is 0 Å². The Labute approximate surface area is 223 Å². The van der Waals surface area contributed by atoms with Crippen molar-refractivity contribution in [2.45, 2.75) is 120 Å². The number of fused-ring (bicyclic) bond motifs is 5. The highest BCUT2D eigenvalue weighted by Crippen LogP contribution is 2.70. The topological polar surface area (TPSA) is 130 Å². The number of allylic oxidation sites excluding steroid dienone is 1. The van der Waals surface area contributed by atoms with Crippen LogP contribution in [0.15, 0.2) is 39.3 Å². The van der Waals surface area contributed by atoms with Gasteiger partial charge in [0.25, 0.3) is 0 Å². The normalized spacial score (nSPS) is 50.5. The van der Waals surface area contributed by atoms with Gasteiger partial charge in [-0.05, 0) is 93.1 Å². The summed E-state index contributed by atoms with van der Waals surface area (Å²) in [6.45, 7) is 6.26. The Bertz CT molecular complexity index is 1130. The average molecular weight is 531 g/mol. The fourth-order valence-corrected chi connectivity index (χ4v) is 9.17. The van der Waals surface area contributed by atoms with Crippen molar-refractivity contribution in [3.8, 4) is 0 Å². The molecule has 4 fully saturated rings. The summed E-state index contributed by atoms with van der Waals surface area (Å²) in [5.74, 6) is 0.759. The van der Waals surface area contributed by atoms with Crippen LogP contribution in [0.3, 0.4) is 0 Å². The van der Waals surface area contributed by atoms with Crippen molar-refractivity contribution in [2.24, 2.45) is 22.7 Å². The van der Waals surface area contributed by atoms with Gasteiger partial charge in [0.15, 0.2) is 6.29 Å². The second-order valence-corrected chi connectivity index (χ2v) is 13.1. The van der Waals surface area contributed by atoms with Crippen LogP contribution in [0.25, 0.3) is 0 Å². The van der Waals surface area contributed by atoms with Crippen molar-refractivity contribution in [1.82, 2.24) is 0 Å². The number of hydrogen-bond acceptors (Lipinski definition) is 8. The first-order chi connectivity index (χ1) is 18.0. The number of rotatable bonds is 3. The molecule has 8 nitrogen and oxygen atoms in total. The largest absolute Gasteiger partial charge is 0.431 e. The molecule has 6 rings (SSSR count). The van der Waals surface area contributed by atoms with Crippen LogP contribution in [0.4, 0.5) is 0 Å². The quantitative estimate of drug-likeness (QED) is 0.439. The van der Waals surface area contributed by atoms with Gasteiger partial charge >= 0.3 is 5.63 Å². The molecule has 210 valence electrons. The molecule has 1 aromatic rings. The van der Waals surface area contributed by atoms with Crippen LogP contribution in [0, 0.1) is 22.7 Å². The van der Waals surface area contributed by atoms with Crippen molar-refractivity contribution in [3.63, 3.8) is 0 Å². The minimum absolute atomic E-state index is 0.0213. The molecule has 0 amide bonds. The molecule has 1 aliphatic heterocycles. The van der Waals surface area contributed by atoms with Gasteiger partial charge in [0.2, 0.25) is 0 Å². The van der Waals surface area contributed by atoms with E-state index in [-0.39, 0.29) is 34.4 Å². The lowest BCUT2D eigenvalue weighted by molar-refractivity contribution is -0.301. The van der Waals surface area contributed by atoms with E-state index in [9.17, 15) is 25.2 Å². The Morgan fingerprint density at radius 3 is 2.47 bits per heavy atom. The lowest BCUT2D eigenvalue weighted by Gasteiger charge is -2.62. The molecule has 1 aromatic heterocycles. The summed E-state index contributed by atoms with van der Waals surface area (Å²) in [7, 11) is 0. The van der Waals surface area contributed by atoms with E-state index in [2.05, 4.69) is 19.9 Å². The lowest BCUT2D eigenvalue weighted by Crippen LogP contribution is -2.60. The highest BCUT2D eigenvalue weighted by Gasteiger charge is 2.66. The minimum atomic E-state index is -1.31. The zero-order valence-electron chi connectivity index (χ0n) is 22.6. The highest BCUT2D eigenvalue weighted by atomic mass is 16.7. The van der Waals surface area contributed by atoms with E-state index in [1.807, 2.05) is 6.07 Å². The van der Waals surface area contributed by atoms with E-state index in [4.69, 9.17) is 13.9 Å². The summed E-state index contributed by atoms with van der Waals surface area (Å²) < 4.78 is 17.0. The Morgan fingerprint density at radius 2 is 1.74 bits per heavy atom. The predicted octanol–water partition coefficient (Wildman–Crippen LogP) is 3.01. The highest BCUT2D eigenvalue weighted by molar-refractivity contribution is 5.31. The first-order valence-corrected chi connectivity index (χ1v) is 14.4. The average Bonchev–Trinajstić information content (AvgIpc) is 3.18. The van der Waals surface area contributed by atoms with E-state index in [0.29, 0.717) is 5.92 Å². The van der Waals surface area contributed by atoms with E-state index in [0.717, 1.165) is 56.9 Å². The summed E-state index contributed by atoms with van der Waals surface area (Å²) in [4.78, 5) is 11.5.